The van der Waals surface area contributed by atoms with Gasteiger partial charge in [-0.25, -0.2) is 25.9 Å². The van der Waals surface area contributed by atoms with Crippen LogP contribution in [0.3, 0.4) is 0 Å². The van der Waals surface area contributed by atoms with Gasteiger partial charge in [0.05, 0.1) is 20.4 Å². The van der Waals surface area contributed by atoms with Crippen LogP contribution in [0.4, 0.5) is 0 Å². The first-order chi connectivity index (χ1) is 13.8. The second-order valence-electron chi connectivity index (χ2n) is 7.04. The van der Waals surface area contributed by atoms with Gasteiger partial charge in [0.2, 0.25) is 20.0 Å². The Morgan fingerprint density at radius 1 is 1.03 bits per heavy atom. The van der Waals surface area contributed by atoms with Gasteiger partial charge < -0.3 is 5.32 Å². The molecule has 0 aliphatic carbocycles. The summed E-state index contributed by atoms with van der Waals surface area (Å²) in [6.45, 7) is 3.47. The number of sulfonamides is 2. The van der Waals surface area contributed by atoms with Gasteiger partial charge in [0.25, 0.3) is 5.91 Å². The fraction of sp³-hybridized carbons (Fsp3) is 0.316. The van der Waals surface area contributed by atoms with E-state index in [0.29, 0.717) is 5.56 Å². The molecule has 2 rings (SSSR count). The topological polar surface area (TPSA) is 113 Å². The molecule has 1 amide bonds. The van der Waals surface area contributed by atoms with Crippen LogP contribution in [0.5, 0.6) is 0 Å². The van der Waals surface area contributed by atoms with Crippen LogP contribution in [0.2, 0.25) is 5.02 Å². The molecule has 0 spiro atoms. The Bertz CT molecular complexity index is 1150. The van der Waals surface area contributed by atoms with Crippen molar-refractivity contribution in [2.24, 2.45) is 0 Å². The molecule has 8 nitrogen and oxygen atoms in total. The van der Waals surface area contributed by atoms with E-state index in [-0.39, 0.29) is 33.0 Å². The molecule has 0 heterocycles. The maximum Gasteiger partial charge on any atom is 0.253 e. The minimum Gasteiger partial charge on any atom is -0.348 e. The molecule has 0 aliphatic rings. The Morgan fingerprint density at radius 2 is 1.70 bits per heavy atom. The largest absolute Gasteiger partial charge is 0.348 e. The van der Waals surface area contributed by atoms with Crippen LogP contribution < -0.4 is 10.0 Å². The predicted octanol–water partition coefficient (Wildman–Crippen LogP) is 2.21. The Hall–Kier alpha value is -1.98. The minimum absolute atomic E-state index is 0.00448. The molecule has 0 unspecified atom stereocenters. The summed E-state index contributed by atoms with van der Waals surface area (Å²) < 4.78 is 52.7. The number of benzene rings is 2. The van der Waals surface area contributed by atoms with Crippen LogP contribution in [-0.2, 0) is 26.6 Å². The van der Waals surface area contributed by atoms with Gasteiger partial charge >= 0.3 is 0 Å². The number of halogens is 1. The van der Waals surface area contributed by atoms with E-state index in [2.05, 4.69) is 10.0 Å². The van der Waals surface area contributed by atoms with Crippen LogP contribution in [-0.4, -0.2) is 47.2 Å². The van der Waals surface area contributed by atoms with Crippen LogP contribution in [0.1, 0.15) is 29.8 Å². The lowest BCUT2D eigenvalue weighted by Gasteiger charge is -2.14. The van der Waals surface area contributed by atoms with E-state index in [1.165, 1.54) is 44.4 Å². The fourth-order valence-electron chi connectivity index (χ4n) is 2.53. The van der Waals surface area contributed by atoms with Crippen molar-refractivity contribution in [2.45, 2.75) is 36.2 Å². The summed E-state index contributed by atoms with van der Waals surface area (Å²) in [4.78, 5) is 12.6. The number of amides is 1. The van der Waals surface area contributed by atoms with Crippen molar-refractivity contribution in [1.82, 2.24) is 14.3 Å². The summed E-state index contributed by atoms with van der Waals surface area (Å²) in [6.07, 6.45) is 0. The highest BCUT2D eigenvalue weighted by Gasteiger charge is 2.21. The number of carbonyl (C=O) groups excluding carboxylic acids is 1. The zero-order chi connectivity index (χ0) is 22.7. The molecule has 2 N–H and O–H groups in total. The lowest BCUT2D eigenvalue weighted by atomic mass is 10.2. The van der Waals surface area contributed by atoms with Gasteiger partial charge in [0.1, 0.15) is 0 Å². The van der Waals surface area contributed by atoms with E-state index in [1.54, 1.807) is 26.0 Å². The number of carbonyl (C=O) groups is 1. The van der Waals surface area contributed by atoms with Crippen molar-refractivity contribution in [1.29, 1.82) is 0 Å². The normalized spacial score (nSPS) is 12.4. The second-order valence-corrected chi connectivity index (χ2v) is 11.3. The predicted molar refractivity (Wildman–Crippen MR) is 115 cm³/mol. The monoisotopic (exact) mass is 473 g/mol. The molecule has 0 aromatic heterocycles. The van der Waals surface area contributed by atoms with Gasteiger partial charge in [-0.05, 0) is 49.7 Å². The molecule has 11 heteroatoms. The maximum atomic E-state index is 12.6. The summed E-state index contributed by atoms with van der Waals surface area (Å²) in [5, 5.41) is 2.74. The first-order valence-corrected chi connectivity index (χ1v) is 12.3. The number of nitrogens with zero attached hydrogens (tertiary/aromatic N) is 1. The van der Waals surface area contributed by atoms with Crippen molar-refractivity contribution in [3.63, 3.8) is 0 Å². The summed E-state index contributed by atoms with van der Waals surface area (Å²) in [5.74, 6) is -0.579. The van der Waals surface area contributed by atoms with Crippen LogP contribution >= 0.6 is 11.6 Å². The molecule has 0 aliphatic heterocycles. The van der Waals surface area contributed by atoms with E-state index >= 15 is 0 Å². The first kappa shape index (κ1) is 24.3. The Kier molecular flexibility index (Phi) is 7.64. The molecule has 0 saturated carbocycles. The van der Waals surface area contributed by atoms with Gasteiger partial charge in [-0.3, -0.25) is 4.79 Å². The molecule has 2 aromatic rings. The Balaban J connectivity index is 2.22. The number of nitrogens with one attached hydrogen (secondary N) is 2. The number of rotatable bonds is 8. The molecule has 164 valence electrons. The van der Waals surface area contributed by atoms with E-state index in [4.69, 9.17) is 11.6 Å². The zero-order valence-electron chi connectivity index (χ0n) is 17.0. The molecular formula is C19H24ClN3O5S2. The Labute approximate surface area is 182 Å². The average molecular weight is 474 g/mol. The summed E-state index contributed by atoms with van der Waals surface area (Å²) in [6, 6.07) is 9.78. The van der Waals surface area contributed by atoms with Gasteiger partial charge in [-0.2, -0.15) is 0 Å². The standard InChI is InChI=1S/C19H24ClN3O5S2/c1-13(2)22-29(25,26)15-7-5-6-14(10-15)12-21-19(24)17-11-16(8-9-18(17)20)30(27,28)23(3)4/h5-11,13,22H,12H2,1-4H3,(H,21,24). The highest BCUT2D eigenvalue weighted by Crippen LogP contribution is 2.22. The molecule has 0 saturated heterocycles. The summed E-state index contributed by atoms with van der Waals surface area (Å²) in [7, 11) is -4.62. The van der Waals surface area contributed by atoms with Gasteiger partial charge in [0, 0.05) is 26.7 Å². The quantitative estimate of drug-likeness (QED) is 0.610. The lowest BCUT2D eigenvalue weighted by molar-refractivity contribution is 0.0951. The molecular weight excluding hydrogens is 450 g/mol. The third kappa shape index (κ3) is 5.79. The van der Waals surface area contributed by atoms with Crippen LogP contribution in [0, 0.1) is 0 Å². The summed E-state index contributed by atoms with van der Waals surface area (Å²) in [5.41, 5.74) is 0.563. The van der Waals surface area contributed by atoms with E-state index in [9.17, 15) is 21.6 Å². The third-order valence-corrected chi connectivity index (χ3v) is 7.81. The third-order valence-electron chi connectivity index (χ3n) is 4.01. The molecule has 0 atom stereocenters. The van der Waals surface area contributed by atoms with Crippen molar-refractivity contribution in [2.75, 3.05) is 14.1 Å². The number of hydrogen-bond acceptors (Lipinski definition) is 5. The van der Waals surface area contributed by atoms with Crippen molar-refractivity contribution in [3.05, 3.63) is 58.6 Å². The van der Waals surface area contributed by atoms with Gasteiger partial charge in [-0.15, -0.1) is 0 Å². The van der Waals surface area contributed by atoms with Gasteiger partial charge in [-0.1, -0.05) is 23.7 Å². The van der Waals surface area contributed by atoms with E-state index < -0.39 is 26.0 Å². The lowest BCUT2D eigenvalue weighted by Crippen LogP contribution is -2.30. The van der Waals surface area contributed by atoms with Gasteiger partial charge in [0.15, 0.2) is 0 Å². The number of hydrogen-bond donors (Lipinski definition) is 2. The van der Waals surface area contributed by atoms with Crippen molar-refractivity contribution < 1.29 is 21.6 Å². The molecule has 0 radical (unpaired) electrons. The molecule has 2 aromatic carbocycles. The van der Waals surface area contributed by atoms with Crippen molar-refractivity contribution >= 4 is 37.6 Å². The molecule has 0 bridgehead atoms. The first-order valence-electron chi connectivity index (χ1n) is 8.96. The van der Waals surface area contributed by atoms with Crippen molar-refractivity contribution in [3.8, 4) is 0 Å². The Morgan fingerprint density at radius 3 is 2.30 bits per heavy atom. The van der Waals surface area contributed by atoms with Crippen LogP contribution in [0.15, 0.2) is 52.3 Å². The maximum absolute atomic E-state index is 12.6. The highest BCUT2D eigenvalue weighted by molar-refractivity contribution is 7.89. The van der Waals surface area contributed by atoms with E-state index in [1.807, 2.05) is 0 Å². The summed E-state index contributed by atoms with van der Waals surface area (Å²) >= 11 is 6.08. The minimum atomic E-state index is -3.73. The smallest absolute Gasteiger partial charge is 0.253 e. The van der Waals surface area contributed by atoms with Crippen LogP contribution in [0.25, 0.3) is 0 Å². The molecule has 0 fully saturated rings. The molecule has 30 heavy (non-hydrogen) atoms. The SMILES string of the molecule is CC(C)NS(=O)(=O)c1cccc(CNC(=O)c2cc(S(=O)(=O)N(C)C)ccc2Cl)c1. The van der Waals surface area contributed by atoms with E-state index in [0.717, 1.165) is 4.31 Å². The average Bonchev–Trinajstić information content (AvgIpc) is 2.65. The zero-order valence-corrected chi connectivity index (χ0v) is 19.4. The fourth-order valence-corrected chi connectivity index (χ4v) is 4.98. The second kappa shape index (κ2) is 9.44. The highest BCUT2D eigenvalue weighted by atomic mass is 35.5.